The number of hydrogen-bond acceptors (Lipinski definition) is 3. The first-order chi connectivity index (χ1) is 5.88. The molecular formula is C7H10F3NO2. The van der Waals surface area contributed by atoms with E-state index in [9.17, 15) is 18.0 Å². The van der Waals surface area contributed by atoms with E-state index in [1.165, 1.54) is 0 Å². The van der Waals surface area contributed by atoms with E-state index < -0.39 is 30.0 Å². The number of methoxy groups -OCH3 is 1. The molecule has 3 nitrogen and oxygen atoms in total. The summed E-state index contributed by atoms with van der Waals surface area (Å²) in [4.78, 5) is 10.8. The lowest BCUT2D eigenvalue weighted by Gasteiger charge is -2.09. The van der Waals surface area contributed by atoms with Crippen LogP contribution in [0.15, 0.2) is 0 Å². The molecule has 0 aliphatic heterocycles. The molecule has 3 unspecified atom stereocenters. The number of rotatable bonds is 2. The van der Waals surface area contributed by atoms with Crippen LogP contribution in [0.1, 0.15) is 6.42 Å². The van der Waals surface area contributed by atoms with E-state index in [0.29, 0.717) is 0 Å². The highest BCUT2D eigenvalue weighted by Crippen LogP contribution is 2.51. The number of ether oxygens (including phenoxy) is 1. The Bertz CT molecular complexity index is 216. The molecule has 0 aromatic heterocycles. The maximum Gasteiger partial charge on any atom is 0.392 e. The SMILES string of the molecule is COC(=O)C(N)C1CC1C(F)(F)F. The number of halogens is 3. The zero-order valence-electron chi connectivity index (χ0n) is 6.97. The van der Waals surface area contributed by atoms with Crippen LogP contribution in [0.2, 0.25) is 0 Å². The number of esters is 1. The van der Waals surface area contributed by atoms with E-state index in [-0.39, 0.29) is 6.42 Å². The lowest BCUT2D eigenvalue weighted by Crippen LogP contribution is -2.35. The minimum Gasteiger partial charge on any atom is -0.468 e. The van der Waals surface area contributed by atoms with Crippen LogP contribution in [0.4, 0.5) is 13.2 Å². The third kappa shape index (κ3) is 2.12. The van der Waals surface area contributed by atoms with Gasteiger partial charge >= 0.3 is 12.1 Å². The first-order valence-corrected chi connectivity index (χ1v) is 3.78. The second-order valence-electron chi connectivity index (χ2n) is 3.10. The highest BCUT2D eigenvalue weighted by Gasteiger charge is 2.59. The van der Waals surface area contributed by atoms with E-state index in [0.717, 1.165) is 7.11 Å². The Labute approximate surface area is 73.0 Å². The second-order valence-corrected chi connectivity index (χ2v) is 3.10. The number of nitrogens with two attached hydrogens (primary N) is 1. The van der Waals surface area contributed by atoms with Crippen molar-refractivity contribution in [2.24, 2.45) is 17.6 Å². The number of carbonyl (C=O) groups excluding carboxylic acids is 1. The van der Waals surface area contributed by atoms with Crippen LogP contribution in [-0.4, -0.2) is 25.3 Å². The van der Waals surface area contributed by atoms with Crippen molar-refractivity contribution in [3.05, 3.63) is 0 Å². The van der Waals surface area contributed by atoms with Crippen LogP contribution < -0.4 is 5.73 Å². The highest BCUT2D eigenvalue weighted by molar-refractivity contribution is 5.76. The number of alkyl halides is 3. The number of hydrogen-bond donors (Lipinski definition) is 1. The summed E-state index contributed by atoms with van der Waals surface area (Å²) in [5, 5.41) is 0. The summed E-state index contributed by atoms with van der Waals surface area (Å²) in [7, 11) is 1.10. The fourth-order valence-electron chi connectivity index (χ4n) is 1.30. The monoisotopic (exact) mass is 197 g/mol. The van der Waals surface area contributed by atoms with Crippen LogP contribution in [0.25, 0.3) is 0 Å². The Hall–Kier alpha value is -0.780. The molecule has 1 aliphatic rings. The normalized spacial score (nSPS) is 29.6. The summed E-state index contributed by atoms with van der Waals surface area (Å²) in [6, 6.07) is -1.14. The van der Waals surface area contributed by atoms with Crippen molar-refractivity contribution in [2.75, 3.05) is 7.11 Å². The van der Waals surface area contributed by atoms with Crippen LogP contribution in [0.3, 0.4) is 0 Å². The van der Waals surface area contributed by atoms with Crippen molar-refractivity contribution < 1.29 is 22.7 Å². The van der Waals surface area contributed by atoms with Gasteiger partial charge in [0.2, 0.25) is 0 Å². The zero-order valence-corrected chi connectivity index (χ0v) is 6.97. The lowest BCUT2D eigenvalue weighted by atomic mass is 10.1. The Morgan fingerprint density at radius 3 is 2.46 bits per heavy atom. The van der Waals surface area contributed by atoms with Gasteiger partial charge in [0, 0.05) is 0 Å². The summed E-state index contributed by atoms with van der Waals surface area (Å²) in [5.41, 5.74) is 5.25. The third-order valence-electron chi connectivity index (χ3n) is 2.19. The maximum absolute atomic E-state index is 12.0. The van der Waals surface area contributed by atoms with Crippen molar-refractivity contribution in [1.82, 2.24) is 0 Å². The van der Waals surface area contributed by atoms with E-state index in [2.05, 4.69) is 4.74 Å². The molecule has 1 fully saturated rings. The largest absolute Gasteiger partial charge is 0.468 e. The quantitative estimate of drug-likeness (QED) is 0.662. The van der Waals surface area contributed by atoms with Crippen LogP contribution >= 0.6 is 0 Å². The van der Waals surface area contributed by atoms with Crippen molar-refractivity contribution in [2.45, 2.75) is 18.6 Å². The van der Waals surface area contributed by atoms with E-state index in [4.69, 9.17) is 5.73 Å². The van der Waals surface area contributed by atoms with Crippen LogP contribution in [0, 0.1) is 11.8 Å². The first kappa shape index (κ1) is 10.3. The molecule has 3 atom stereocenters. The summed E-state index contributed by atoms with van der Waals surface area (Å²) in [6.45, 7) is 0. The topological polar surface area (TPSA) is 52.3 Å². The molecule has 0 radical (unpaired) electrons. The Balaban J connectivity index is 2.47. The molecule has 1 saturated carbocycles. The van der Waals surface area contributed by atoms with Gasteiger partial charge in [0.25, 0.3) is 0 Å². The molecule has 0 spiro atoms. The standard InChI is InChI=1S/C7H10F3NO2/c1-13-6(12)5(11)3-2-4(3)7(8,9)10/h3-5H,2,11H2,1H3. The Morgan fingerprint density at radius 1 is 1.62 bits per heavy atom. The molecule has 0 saturated heterocycles. The summed E-state index contributed by atoms with van der Waals surface area (Å²) < 4.78 is 40.3. The smallest absolute Gasteiger partial charge is 0.392 e. The summed E-state index contributed by atoms with van der Waals surface area (Å²) in [6.07, 6.45) is -4.31. The Kier molecular flexibility index (Phi) is 2.51. The van der Waals surface area contributed by atoms with Gasteiger partial charge in [0.1, 0.15) is 6.04 Å². The van der Waals surface area contributed by atoms with Crippen molar-refractivity contribution >= 4 is 5.97 Å². The van der Waals surface area contributed by atoms with Crippen LogP contribution in [-0.2, 0) is 9.53 Å². The molecule has 13 heavy (non-hydrogen) atoms. The van der Waals surface area contributed by atoms with Gasteiger partial charge in [-0.25, -0.2) is 0 Å². The molecule has 76 valence electrons. The zero-order chi connectivity index (χ0) is 10.2. The fourth-order valence-corrected chi connectivity index (χ4v) is 1.30. The van der Waals surface area contributed by atoms with Gasteiger partial charge in [0.05, 0.1) is 13.0 Å². The van der Waals surface area contributed by atoms with Gasteiger partial charge in [-0.1, -0.05) is 0 Å². The molecule has 0 aromatic carbocycles. The van der Waals surface area contributed by atoms with Crippen molar-refractivity contribution in [3.8, 4) is 0 Å². The molecule has 1 rings (SSSR count). The van der Waals surface area contributed by atoms with E-state index in [1.807, 2.05) is 0 Å². The molecule has 1 aliphatic carbocycles. The third-order valence-corrected chi connectivity index (χ3v) is 2.19. The average molecular weight is 197 g/mol. The molecule has 6 heteroatoms. The summed E-state index contributed by atoms with van der Waals surface area (Å²) >= 11 is 0. The lowest BCUT2D eigenvalue weighted by molar-refractivity contribution is -0.154. The maximum atomic E-state index is 12.0. The predicted octanol–water partition coefficient (Wildman–Crippen LogP) is 0.685. The first-order valence-electron chi connectivity index (χ1n) is 3.78. The van der Waals surface area contributed by atoms with E-state index >= 15 is 0 Å². The average Bonchev–Trinajstić information content (AvgIpc) is 2.79. The molecular weight excluding hydrogens is 187 g/mol. The van der Waals surface area contributed by atoms with Gasteiger partial charge in [-0.3, -0.25) is 4.79 Å². The van der Waals surface area contributed by atoms with Gasteiger partial charge in [-0.2, -0.15) is 13.2 Å². The highest BCUT2D eigenvalue weighted by atomic mass is 19.4. The summed E-state index contributed by atoms with van der Waals surface area (Å²) in [5.74, 6) is -3.01. The van der Waals surface area contributed by atoms with Crippen molar-refractivity contribution in [1.29, 1.82) is 0 Å². The van der Waals surface area contributed by atoms with Crippen molar-refractivity contribution in [3.63, 3.8) is 0 Å². The number of carbonyl (C=O) groups is 1. The molecule has 2 N–H and O–H groups in total. The molecule has 0 amide bonds. The Morgan fingerprint density at radius 2 is 2.15 bits per heavy atom. The molecule has 0 heterocycles. The predicted molar refractivity (Wildman–Crippen MR) is 37.6 cm³/mol. The molecule has 0 aromatic rings. The minimum atomic E-state index is -4.24. The second kappa shape index (κ2) is 3.17. The van der Waals surface area contributed by atoms with Gasteiger partial charge in [-0.15, -0.1) is 0 Å². The van der Waals surface area contributed by atoms with E-state index in [1.54, 1.807) is 0 Å². The van der Waals surface area contributed by atoms with Gasteiger partial charge in [0.15, 0.2) is 0 Å². The van der Waals surface area contributed by atoms with Crippen LogP contribution in [0.5, 0.6) is 0 Å². The fraction of sp³-hybridized carbons (Fsp3) is 0.857. The minimum absolute atomic E-state index is 0.0697. The van der Waals surface area contributed by atoms with Gasteiger partial charge in [-0.05, 0) is 12.3 Å². The van der Waals surface area contributed by atoms with Gasteiger partial charge < -0.3 is 10.5 Å². The molecule has 0 bridgehead atoms.